The molecule has 0 aliphatic heterocycles. The highest BCUT2D eigenvalue weighted by atomic mass is 16.6. The van der Waals surface area contributed by atoms with Crippen LogP contribution in [0.4, 0.5) is 5.82 Å². The van der Waals surface area contributed by atoms with Crippen LogP contribution >= 0.6 is 0 Å². The van der Waals surface area contributed by atoms with Gasteiger partial charge in [-0.1, -0.05) is 12.1 Å². The predicted molar refractivity (Wildman–Crippen MR) is 128 cm³/mol. The Labute approximate surface area is 200 Å². The number of nitrogens with two attached hydrogens (primary N) is 1. The van der Waals surface area contributed by atoms with Gasteiger partial charge in [0.1, 0.15) is 17.2 Å². The summed E-state index contributed by atoms with van der Waals surface area (Å²) in [4.78, 5) is 13.0. The molecule has 0 saturated heterocycles. The van der Waals surface area contributed by atoms with Gasteiger partial charge in [-0.05, 0) is 77.8 Å². The lowest BCUT2D eigenvalue weighted by Gasteiger charge is -2.08. The highest BCUT2D eigenvalue weighted by Crippen LogP contribution is 2.28. The quantitative estimate of drug-likeness (QED) is 0.259. The molecule has 35 heavy (non-hydrogen) atoms. The largest absolute Gasteiger partial charge is 0.494 e. The predicted octanol–water partition coefficient (Wildman–Crippen LogP) is 2.85. The smallest absolute Gasteiger partial charge is 0.294 e. The van der Waals surface area contributed by atoms with Crippen molar-refractivity contribution >= 4 is 17.9 Å². The first-order valence-electron chi connectivity index (χ1n) is 10.9. The molecule has 0 aliphatic carbocycles. The minimum Gasteiger partial charge on any atom is -0.494 e. The van der Waals surface area contributed by atoms with Gasteiger partial charge in [-0.2, -0.15) is 9.78 Å². The van der Waals surface area contributed by atoms with Crippen LogP contribution in [0, 0.1) is 0 Å². The minimum absolute atomic E-state index is 0.000437. The van der Waals surface area contributed by atoms with E-state index in [1.54, 1.807) is 24.3 Å². The number of nitrogens with one attached hydrogen (secondary N) is 1. The van der Waals surface area contributed by atoms with Gasteiger partial charge in [0.2, 0.25) is 11.6 Å². The molecule has 3 N–H and O–H groups in total. The summed E-state index contributed by atoms with van der Waals surface area (Å²) >= 11 is 0. The molecule has 4 aromatic rings. The number of nitrogen functional groups attached to an aromatic ring is 1. The summed E-state index contributed by atoms with van der Waals surface area (Å²) in [7, 11) is 0. The maximum absolute atomic E-state index is 13.0. The Morgan fingerprint density at radius 1 is 1.09 bits per heavy atom. The van der Waals surface area contributed by atoms with E-state index in [-0.39, 0.29) is 17.3 Å². The third kappa shape index (κ3) is 5.43. The van der Waals surface area contributed by atoms with E-state index >= 15 is 0 Å². The molecule has 0 radical (unpaired) electrons. The summed E-state index contributed by atoms with van der Waals surface area (Å²) in [5.74, 6) is 0.982. The number of carbonyl (C=O) groups is 1. The van der Waals surface area contributed by atoms with Crippen molar-refractivity contribution in [1.82, 2.24) is 30.7 Å². The van der Waals surface area contributed by atoms with E-state index in [9.17, 15) is 4.79 Å². The lowest BCUT2D eigenvalue weighted by molar-refractivity contribution is 0.0950. The molecule has 180 valence electrons. The van der Waals surface area contributed by atoms with E-state index in [4.69, 9.17) is 19.8 Å². The third-order valence-corrected chi connectivity index (χ3v) is 4.75. The first kappa shape index (κ1) is 23.4. The van der Waals surface area contributed by atoms with Crippen molar-refractivity contribution in [2.24, 2.45) is 5.10 Å². The Morgan fingerprint density at radius 2 is 1.80 bits per heavy atom. The van der Waals surface area contributed by atoms with Crippen molar-refractivity contribution < 1.29 is 18.9 Å². The molecule has 4 rings (SSSR count). The molecule has 0 atom stereocenters. The second-order valence-corrected chi connectivity index (χ2v) is 7.25. The zero-order chi connectivity index (χ0) is 24.6. The average molecular weight is 476 g/mol. The molecule has 12 heteroatoms. The number of carbonyl (C=O) groups excluding carboxylic acids is 1. The fourth-order valence-corrected chi connectivity index (χ4v) is 3.14. The lowest BCUT2D eigenvalue weighted by Crippen LogP contribution is -2.19. The number of hydrogen-bond donors (Lipinski definition) is 2. The highest BCUT2D eigenvalue weighted by Gasteiger charge is 2.25. The molecule has 0 spiro atoms. The van der Waals surface area contributed by atoms with E-state index in [0.717, 1.165) is 17.7 Å². The summed E-state index contributed by atoms with van der Waals surface area (Å²) < 4.78 is 17.0. The molecule has 2 aromatic carbocycles. The normalized spacial score (nSPS) is 11.0. The molecule has 0 aliphatic rings. The molecule has 2 heterocycles. The Kier molecular flexibility index (Phi) is 7.31. The molecule has 0 unspecified atom stereocenters. The highest BCUT2D eigenvalue weighted by molar-refractivity contribution is 5.98. The Morgan fingerprint density at radius 3 is 2.46 bits per heavy atom. The fraction of sp³-hybridized carbons (Fsp3) is 0.217. The van der Waals surface area contributed by atoms with E-state index in [2.05, 4.69) is 31.2 Å². The molecule has 12 nitrogen and oxygen atoms in total. The SMILES string of the molecule is CCCOc1ccc(-c2c(C(=O)N/N=C\c3ccc(OCC)cc3)nnn2-c2nonc2N)cc1. The molecular formula is C23H24N8O4. The van der Waals surface area contributed by atoms with Crippen molar-refractivity contribution in [3.05, 3.63) is 59.8 Å². The zero-order valence-corrected chi connectivity index (χ0v) is 19.2. The maximum atomic E-state index is 13.0. The van der Waals surface area contributed by atoms with Gasteiger partial charge in [0.15, 0.2) is 5.69 Å². The van der Waals surface area contributed by atoms with Crippen LogP contribution in [0.2, 0.25) is 0 Å². The van der Waals surface area contributed by atoms with Gasteiger partial charge in [-0.25, -0.2) is 10.1 Å². The number of rotatable bonds is 10. The summed E-state index contributed by atoms with van der Waals surface area (Å²) in [5.41, 5.74) is 10.1. The van der Waals surface area contributed by atoms with Gasteiger partial charge in [0.05, 0.1) is 19.4 Å². The van der Waals surface area contributed by atoms with E-state index in [1.807, 2.05) is 38.1 Å². The van der Waals surface area contributed by atoms with Gasteiger partial charge in [0.25, 0.3) is 5.91 Å². The average Bonchev–Trinajstić information content (AvgIpc) is 3.50. The van der Waals surface area contributed by atoms with E-state index in [0.29, 0.717) is 30.2 Å². The van der Waals surface area contributed by atoms with Crippen LogP contribution in [0.5, 0.6) is 11.5 Å². The van der Waals surface area contributed by atoms with Gasteiger partial charge in [0, 0.05) is 5.56 Å². The number of benzene rings is 2. The minimum atomic E-state index is -0.574. The van der Waals surface area contributed by atoms with E-state index in [1.165, 1.54) is 10.9 Å². The number of hydrogen-bond acceptors (Lipinski definition) is 10. The third-order valence-electron chi connectivity index (χ3n) is 4.75. The first-order valence-corrected chi connectivity index (χ1v) is 10.9. The molecule has 0 saturated carbocycles. The maximum Gasteiger partial charge on any atom is 0.294 e. The van der Waals surface area contributed by atoms with Crippen molar-refractivity contribution in [2.45, 2.75) is 20.3 Å². The van der Waals surface area contributed by atoms with Gasteiger partial charge < -0.3 is 15.2 Å². The number of aromatic nitrogens is 5. The Hall–Kier alpha value is -4.74. The standard InChI is InChI=1S/C23H24N8O4/c1-3-13-34-18-11-7-16(8-12-18)20-19(26-30-31(20)22-21(24)28-35-29-22)23(32)27-25-14-15-5-9-17(10-6-15)33-4-2/h5-12,14H,3-4,13H2,1-2H3,(H2,24,28)(H,27,32)/b25-14-. The summed E-state index contributed by atoms with van der Waals surface area (Å²) in [6, 6.07) is 14.4. The summed E-state index contributed by atoms with van der Waals surface area (Å²) in [5, 5.41) is 19.5. The number of hydrazone groups is 1. The van der Waals surface area contributed by atoms with Gasteiger partial charge >= 0.3 is 0 Å². The van der Waals surface area contributed by atoms with Crippen molar-refractivity contribution in [2.75, 3.05) is 18.9 Å². The van der Waals surface area contributed by atoms with Crippen LogP contribution in [0.15, 0.2) is 58.3 Å². The van der Waals surface area contributed by atoms with Crippen LogP contribution in [0.3, 0.4) is 0 Å². The second-order valence-electron chi connectivity index (χ2n) is 7.25. The Bertz CT molecular complexity index is 1300. The van der Waals surface area contributed by atoms with Crippen molar-refractivity contribution in [3.8, 4) is 28.6 Å². The lowest BCUT2D eigenvalue weighted by atomic mass is 10.1. The van der Waals surface area contributed by atoms with Crippen LogP contribution in [-0.4, -0.2) is 50.6 Å². The van der Waals surface area contributed by atoms with Crippen molar-refractivity contribution in [3.63, 3.8) is 0 Å². The van der Waals surface area contributed by atoms with Crippen molar-refractivity contribution in [1.29, 1.82) is 0 Å². The Balaban J connectivity index is 1.60. The van der Waals surface area contributed by atoms with Crippen LogP contribution in [0.1, 0.15) is 36.3 Å². The molecular weight excluding hydrogens is 452 g/mol. The monoisotopic (exact) mass is 476 g/mol. The number of anilines is 1. The summed E-state index contributed by atoms with van der Waals surface area (Å²) in [6.45, 7) is 5.12. The van der Waals surface area contributed by atoms with Crippen LogP contribution in [0.25, 0.3) is 17.1 Å². The number of nitrogens with zero attached hydrogens (tertiary/aromatic N) is 6. The topological polar surface area (TPSA) is 156 Å². The molecule has 2 aromatic heterocycles. The zero-order valence-electron chi connectivity index (χ0n) is 19.2. The van der Waals surface area contributed by atoms with Gasteiger partial charge in [-0.3, -0.25) is 4.79 Å². The molecule has 0 fully saturated rings. The number of amides is 1. The van der Waals surface area contributed by atoms with E-state index < -0.39 is 5.91 Å². The van der Waals surface area contributed by atoms with Gasteiger partial charge in [-0.15, -0.1) is 5.10 Å². The fourth-order valence-electron chi connectivity index (χ4n) is 3.14. The van der Waals surface area contributed by atoms with Crippen LogP contribution in [-0.2, 0) is 0 Å². The van der Waals surface area contributed by atoms with Crippen LogP contribution < -0.4 is 20.6 Å². The molecule has 1 amide bonds. The molecule has 0 bridgehead atoms. The summed E-state index contributed by atoms with van der Waals surface area (Å²) in [6.07, 6.45) is 2.40. The first-order chi connectivity index (χ1) is 17.1. The second kappa shape index (κ2) is 10.9. The number of ether oxygens (including phenoxy) is 2.